The Hall–Kier alpha value is -2.70. The zero-order chi connectivity index (χ0) is 15.3. The van der Waals surface area contributed by atoms with Crippen molar-refractivity contribution < 1.29 is 19.0 Å². The topological polar surface area (TPSA) is 74.6 Å². The fourth-order valence-electron chi connectivity index (χ4n) is 2.99. The lowest BCUT2D eigenvalue weighted by atomic mass is 9.87. The van der Waals surface area contributed by atoms with Crippen molar-refractivity contribution in [2.75, 3.05) is 19.2 Å². The van der Waals surface area contributed by atoms with Crippen LogP contribution in [0.25, 0.3) is 0 Å². The predicted molar refractivity (Wildman–Crippen MR) is 77.4 cm³/mol. The van der Waals surface area contributed by atoms with Gasteiger partial charge in [-0.25, -0.2) is 0 Å². The van der Waals surface area contributed by atoms with Gasteiger partial charge in [-0.2, -0.15) is 5.10 Å². The maximum absolute atomic E-state index is 12.0. The van der Waals surface area contributed by atoms with E-state index >= 15 is 0 Å². The summed E-state index contributed by atoms with van der Waals surface area (Å²) in [5, 5.41) is 7.10. The van der Waals surface area contributed by atoms with Crippen molar-refractivity contribution in [2.24, 2.45) is 7.05 Å². The van der Waals surface area contributed by atoms with Gasteiger partial charge in [0.15, 0.2) is 11.5 Å². The lowest BCUT2D eigenvalue weighted by Gasteiger charge is -2.23. The molecule has 1 aromatic heterocycles. The summed E-state index contributed by atoms with van der Waals surface area (Å²) in [5.41, 5.74) is 1.94. The summed E-state index contributed by atoms with van der Waals surface area (Å²) in [6.07, 6.45) is 2.15. The van der Waals surface area contributed by atoms with Crippen LogP contribution in [0.15, 0.2) is 18.3 Å². The Bertz CT molecular complexity index is 768. The lowest BCUT2D eigenvalue weighted by molar-refractivity contribution is -0.116. The smallest absolute Gasteiger partial charge is 0.231 e. The van der Waals surface area contributed by atoms with Crippen LogP contribution in [0.5, 0.6) is 17.2 Å². The fraction of sp³-hybridized carbons (Fsp3) is 0.333. The third-order valence-corrected chi connectivity index (χ3v) is 4.07. The van der Waals surface area contributed by atoms with E-state index in [1.54, 1.807) is 18.0 Å². The molecule has 2 aliphatic heterocycles. The van der Waals surface area contributed by atoms with E-state index < -0.39 is 0 Å². The van der Waals surface area contributed by atoms with Crippen LogP contribution in [0.4, 0.5) is 5.82 Å². The molecule has 0 aliphatic carbocycles. The molecule has 22 heavy (non-hydrogen) atoms. The highest BCUT2D eigenvalue weighted by atomic mass is 16.7. The number of amides is 1. The largest absolute Gasteiger partial charge is 0.493 e. The molecule has 0 fully saturated rings. The zero-order valence-corrected chi connectivity index (χ0v) is 12.3. The van der Waals surface area contributed by atoms with Gasteiger partial charge in [0, 0.05) is 24.9 Å². The van der Waals surface area contributed by atoms with Crippen molar-refractivity contribution >= 4 is 11.7 Å². The Balaban J connectivity index is 1.84. The third-order valence-electron chi connectivity index (χ3n) is 4.07. The minimum Gasteiger partial charge on any atom is -0.493 e. The molecule has 3 heterocycles. The molecule has 1 amide bonds. The molecule has 7 heteroatoms. The van der Waals surface area contributed by atoms with Crippen LogP contribution in [0.1, 0.15) is 23.5 Å². The van der Waals surface area contributed by atoms with E-state index in [2.05, 4.69) is 10.4 Å². The summed E-state index contributed by atoms with van der Waals surface area (Å²) in [4.78, 5) is 12.0. The minimum absolute atomic E-state index is 0.0299. The lowest BCUT2D eigenvalue weighted by Crippen LogP contribution is -2.24. The molecule has 1 N–H and O–H groups in total. The van der Waals surface area contributed by atoms with Crippen LogP contribution in [-0.4, -0.2) is 29.6 Å². The number of benzene rings is 1. The first-order chi connectivity index (χ1) is 10.7. The first-order valence-electron chi connectivity index (χ1n) is 6.96. The van der Waals surface area contributed by atoms with Gasteiger partial charge in [0.1, 0.15) is 5.82 Å². The minimum atomic E-state index is -0.0825. The number of carbonyl (C=O) groups excluding carboxylic acids is 1. The van der Waals surface area contributed by atoms with Crippen LogP contribution in [-0.2, 0) is 11.8 Å². The van der Waals surface area contributed by atoms with Gasteiger partial charge in [-0.05, 0) is 17.7 Å². The molecule has 0 unspecified atom stereocenters. The van der Waals surface area contributed by atoms with E-state index in [1.807, 2.05) is 19.2 Å². The Morgan fingerprint density at radius 2 is 2.27 bits per heavy atom. The summed E-state index contributed by atoms with van der Waals surface area (Å²) < 4.78 is 17.9. The molecule has 1 aromatic carbocycles. The zero-order valence-electron chi connectivity index (χ0n) is 12.3. The third kappa shape index (κ3) is 1.82. The SMILES string of the molecule is COc1cc([C@@H]2CC(=O)Nc3c2cnn3C)cc2c1OCO2. The molecule has 7 nitrogen and oxygen atoms in total. The summed E-state index contributed by atoms with van der Waals surface area (Å²) in [6.45, 7) is 0.179. The maximum Gasteiger partial charge on any atom is 0.231 e. The van der Waals surface area contributed by atoms with Crippen LogP contribution < -0.4 is 19.5 Å². The molecule has 2 aromatic rings. The molecular formula is C15H15N3O4. The van der Waals surface area contributed by atoms with E-state index in [4.69, 9.17) is 14.2 Å². The summed E-state index contributed by atoms with van der Waals surface area (Å²) in [5.74, 6) is 2.49. The van der Waals surface area contributed by atoms with Gasteiger partial charge in [0.25, 0.3) is 0 Å². The molecule has 0 saturated carbocycles. The number of nitrogens with zero attached hydrogens (tertiary/aromatic N) is 2. The molecule has 0 saturated heterocycles. The average Bonchev–Trinajstić information content (AvgIpc) is 3.13. The number of carbonyl (C=O) groups is 1. The standard InChI is InChI=1S/C15H15N3O4/c1-18-15-10(6-16-18)9(5-13(19)17-15)8-3-11(20-2)14-12(4-8)21-7-22-14/h3-4,6,9H,5,7H2,1-2H3,(H,17,19)/t9-/m0/s1. The monoisotopic (exact) mass is 301 g/mol. The number of ether oxygens (including phenoxy) is 3. The number of hydrogen-bond donors (Lipinski definition) is 1. The number of nitrogens with one attached hydrogen (secondary N) is 1. The van der Waals surface area contributed by atoms with Gasteiger partial charge in [-0.15, -0.1) is 0 Å². The number of hydrogen-bond acceptors (Lipinski definition) is 5. The van der Waals surface area contributed by atoms with Gasteiger partial charge in [0.2, 0.25) is 18.4 Å². The van der Waals surface area contributed by atoms with E-state index in [9.17, 15) is 4.79 Å². The molecule has 0 spiro atoms. The van der Waals surface area contributed by atoms with Crippen molar-refractivity contribution in [1.29, 1.82) is 0 Å². The number of methoxy groups -OCH3 is 1. The first-order valence-corrected chi connectivity index (χ1v) is 6.96. The van der Waals surface area contributed by atoms with Crippen molar-refractivity contribution in [3.63, 3.8) is 0 Å². The predicted octanol–water partition coefficient (Wildman–Crippen LogP) is 1.63. The van der Waals surface area contributed by atoms with E-state index in [0.717, 1.165) is 16.9 Å². The van der Waals surface area contributed by atoms with Crippen molar-refractivity contribution in [2.45, 2.75) is 12.3 Å². The molecule has 4 rings (SSSR count). The highest BCUT2D eigenvalue weighted by Gasteiger charge is 2.31. The van der Waals surface area contributed by atoms with Gasteiger partial charge >= 0.3 is 0 Å². The number of rotatable bonds is 2. The quantitative estimate of drug-likeness (QED) is 0.912. The Morgan fingerprint density at radius 1 is 1.41 bits per heavy atom. The van der Waals surface area contributed by atoms with Crippen molar-refractivity contribution in [3.8, 4) is 17.2 Å². The highest BCUT2D eigenvalue weighted by Crippen LogP contribution is 2.46. The molecular weight excluding hydrogens is 286 g/mol. The second-order valence-electron chi connectivity index (χ2n) is 5.33. The second-order valence-corrected chi connectivity index (χ2v) is 5.33. The molecule has 1 atom stereocenters. The number of aromatic nitrogens is 2. The summed E-state index contributed by atoms with van der Waals surface area (Å²) in [7, 11) is 3.39. The normalized spacial score (nSPS) is 18.8. The van der Waals surface area contributed by atoms with E-state index in [1.165, 1.54) is 0 Å². The highest BCUT2D eigenvalue weighted by molar-refractivity contribution is 5.94. The van der Waals surface area contributed by atoms with Gasteiger partial charge in [-0.1, -0.05) is 0 Å². The number of anilines is 1. The van der Waals surface area contributed by atoms with Crippen molar-refractivity contribution in [1.82, 2.24) is 9.78 Å². The van der Waals surface area contributed by atoms with Crippen LogP contribution >= 0.6 is 0 Å². The number of fused-ring (bicyclic) bond motifs is 2. The van der Waals surface area contributed by atoms with E-state index in [-0.39, 0.29) is 18.6 Å². The van der Waals surface area contributed by atoms with Crippen LogP contribution in [0.3, 0.4) is 0 Å². The molecule has 0 radical (unpaired) electrons. The van der Waals surface area contributed by atoms with Crippen molar-refractivity contribution in [3.05, 3.63) is 29.5 Å². The van der Waals surface area contributed by atoms with Gasteiger partial charge < -0.3 is 19.5 Å². The fourth-order valence-corrected chi connectivity index (χ4v) is 2.99. The summed E-state index contributed by atoms with van der Waals surface area (Å²) >= 11 is 0. The van der Waals surface area contributed by atoms with E-state index in [0.29, 0.717) is 23.7 Å². The Morgan fingerprint density at radius 3 is 3.09 bits per heavy atom. The molecule has 0 bridgehead atoms. The number of aryl methyl sites for hydroxylation is 1. The summed E-state index contributed by atoms with van der Waals surface area (Å²) in [6, 6.07) is 3.80. The van der Waals surface area contributed by atoms with Crippen LogP contribution in [0.2, 0.25) is 0 Å². The second kappa shape index (κ2) is 4.66. The van der Waals surface area contributed by atoms with Crippen LogP contribution in [0, 0.1) is 0 Å². The Labute approximate surface area is 126 Å². The molecule has 2 aliphatic rings. The first kappa shape index (κ1) is 13.0. The Kier molecular flexibility index (Phi) is 2.75. The average molecular weight is 301 g/mol. The maximum atomic E-state index is 12.0. The van der Waals surface area contributed by atoms with Gasteiger partial charge in [0.05, 0.1) is 13.3 Å². The molecule has 114 valence electrons. The van der Waals surface area contributed by atoms with Gasteiger partial charge in [-0.3, -0.25) is 9.48 Å².